The third-order valence-electron chi connectivity index (χ3n) is 2.13. The van der Waals surface area contributed by atoms with Crippen LogP contribution in [0.3, 0.4) is 0 Å². The lowest BCUT2D eigenvalue weighted by Gasteiger charge is -2.10. The van der Waals surface area contributed by atoms with E-state index < -0.39 is 0 Å². The number of hydrogen-bond donors (Lipinski definition) is 2. The number of carbonyl (C=O) groups is 1. The molecule has 0 aliphatic heterocycles. The normalized spacial score (nSPS) is 10.6. The van der Waals surface area contributed by atoms with Crippen LogP contribution in [0, 0.1) is 6.92 Å². The zero-order valence-corrected chi connectivity index (χ0v) is 10.6. The van der Waals surface area contributed by atoms with E-state index in [0.717, 1.165) is 11.3 Å². The van der Waals surface area contributed by atoms with Gasteiger partial charge in [0.15, 0.2) is 0 Å². The molecular weight excluding hydrogens is 224 g/mol. The molecule has 0 unspecified atom stereocenters. The van der Waals surface area contributed by atoms with Crippen LogP contribution in [0.4, 0.5) is 5.69 Å². The fourth-order valence-corrected chi connectivity index (χ4v) is 1.49. The number of nitrogens with one attached hydrogen (secondary N) is 2. The molecule has 0 bridgehead atoms. The van der Waals surface area contributed by atoms with Gasteiger partial charge in [-0.05, 0) is 30.7 Å². The summed E-state index contributed by atoms with van der Waals surface area (Å²) < 4.78 is 0. The molecule has 88 valence electrons. The van der Waals surface area contributed by atoms with E-state index >= 15 is 0 Å². The van der Waals surface area contributed by atoms with Gasteiger partial charge in [0.2, 0.25) is 5.91 Å². The summed E-state index contributed by atoms with van der Waals surface area (Å²) in [5.74, 6) is -0.0425. The lowest BCUT2D eigenvalue weighted by atomic mass is 10.2. The number of hydrogen-bond acceptors (Lipinski definition) is 2. The molecule has 0 aliphatic rings. The highest BCUT2D eigenvalue weighted by Gasteiger charge is 2.05. The molecule has 1 amide bonds. The second-order valence-electron chi connectivity index (χ2n) is 4.04. The molecular formula is C12H17ClN2O. The third kappa shape index (κ3) is 4.21. The predicted molar refractivity (Wildman–Crippen MR) is 68.0 cm³/mol. The van der Waals surface area contributed by atoms with Crippen LogP contribution < -0.4 is 10.6 Å². The van der Waals surface area contributed by atoms with Gasteiger partial charge in [0.1, 0.15) is 0 Å². The van der Waals surface area contributed by atoms with E-state index in [1.807, 2.05) is 32.9 Å². The van der Waals surface area contributed by atoms with Gasteiger partial charge in [-0.1, -0.05) is 25.4 Å². The highest BCUT2D eigenvalue weighted by atomic mass is 35.5. The van der Waals surface area contributed by atoms with Crippen molar-refractivity contribution in [2.45, 2.75) is 26.8 Å². The van der Waals surface area contributed by atoms with E-state index in [1.54, 1.807) is 6.07 Å². The van der Waals surface area contributed by atoms with Crippen LogP contribution in [0.2, 0.25) is 5.02 Å². The van der Waals surface area contributed by atoms with E-state index in [4.69, 9.17) is 11.6 Å². The van der Waals surface area contributed by atoms with Crippen molar-refractivity contribution in [3.63, 3.8) is 0 Å². The van der Waals surface area contributed by atoms with Crippen LogP contribution in [-0.2, 0) is 4.79 Å². The monoisotopic (exact) mass is 240 g/mol. The topological polar surface area (TPSA) is 41.1 Å². The number of amides is 1. The Morgan fingerprint density at radius 2 is 2.12 bits per heavy atom. The quantitative estimate of drug-likeness (QED) is 0.850. The van der Waals surface area contributed by atoms with Gasteiger partial charge in [-0.2, -0.15) is 0 Å². The first-order chi connectivity index (χ1) is 7.49. The minimum atomic E-state index is -0.0425. The van der Waals surface area contributed by atoms with Crippen molar-refractivity contribution >= 4 is 23.2 Å². The summed E-state index contributed by atoms with van der Waals surface area (Å²) in [4.78, 5) is 11.5. The SMILES string of the molecule is Cc1cc(Cl)ccc1NC(=O)CNC(C)C. The van der Waals surface area contributed by atoms with Crippen LogP contribution in [0.1, 0.15) is 19.4 Å². The van der Waals surface area contributed by atoms with Gasteiger partial charge in [0.25, 0.3) is 0 Å². The smallest absolute Gasteiger partial charge is 0.238 e. The van der Waals surface area contributed by atoms with Crippen molar-refractivity contribution in [1.29, 1.82) is 0 Å². The molecule has 0 spiro atoms. The molecule has 3 nitrogen and oxygen atoms in total. The highest BCUT2D eigenvalue weighted by molar-refractivity contribution is 6.30. The molecule has 0 atom stereocenters. The fourth-order valence-electron chi connectivity index (χ4n) is 1.26. The van der Waals surface area contributed by atoms with Crippen LogP contribution in [0.15, 0.2) is 18.2 Å². The van der Waals surface area contributed by atoms with Gasteiger partial charge in [-0.15, -0.1) is 0 Å². The van der Waals surface area contributed by atoms with E-state index in [-0.39, 0.29) is 5.91 Å². The van der Waals surface area contributed by atoms with Crippen molar-refractivity contribution in [2.24, 2.45) is 0 Å². The van der Waals surface area contributed by atoms with Gasteiger partial charge in [0, 0.05) is 16.8 Å². The maximum atomic E-state index is 11.5. The third-order valence-corrected chi connectivity index (χ3v) is 2.37. The molecule has 0 aromatic heterocycles. The van der Waals surface area contributed by atoms with Crippen molar-refractivity contribution in [3.8, 4) is 0 Å². The zero-order valence-electron chi connectivity index (χ0n) is 9.80. The van der Waals surface area contributed by atoms with Crippen LogP contribution in [0.5, 0.6) is 0 Å². The summed E-state index contributed by atoms with van der Waals surface area (Å²) >= 11 is 5.83. The minimum absolute atomic E-state index is 0.0425. The van der Waals surface area contributed by atoms with E-state index in [2.05, 4.69) is 10.6 Å². The second-order valence-corrected chi connectivity index (χ2v) is 4.48. The maximum absolute atomic E-state index is 11.5. The summed E-state index contributed by atoms with van der Waals surface area (Å²) in [6.45, 7) is 6.23. The number of halogens is 1. The van der Waals surface area contributed by atoms with Crippen molar-refractivity contribution in [3.05, 3.63) is 28.8 Å². The standard InChI is InChI=1S/C12H17ClN2O/c1-8(2)14-7-12(16)15-11-5-4-10(13)6-9(11)3/h4-6,8,14H,7H2,1-3H3,(H,15,16). The summed E-state index contributed by atoms with van der Waals surface area (Å²) in [7, 11) is 0. The molecule has 0 saturated carbocycles. The van der Waals surface area contributed by atoms with Crippen molar-refractivity contribution in [2.75, 3.05) is 11.9 Å². The average Bonchev–Trinajstić information content (AvgIpc) is 2.19. The first-order valence-corrected chi connectivity index (χ1v) is 5.66. The summed E-state index contributed by atoms with van der Waals surface area (Å²) in [6.07, 6.45) is 0. The first-order valence-electron chi connectivity index (χ1n) is 5.28. The first kappa shape index (κ1) is 13.0. The molecule has 1 aromatic rings. The molecule has 1 aromatic carbocycles. The number of rotatable bonds is 4. The van der Waals surface area contributed by atoms with Gasteiger partial charge in [0.05, 0.1) is 6.54 Å². The number of anilines is 1. The van der Waals surface area contributed by atoms with Gasteiger partial charge in [-0.25, -0.2) is 0 Å². The Hall–Kier alpha value is -1.06. The van der Waals surface area contributed by atoms with E-state index in [9.17, 15) is 4.79 Å². The number of benzene rings is 1. The lowest BCUT2D eigenvalue weighted by molar-refractivity contribution is -0.115. The average molecular weight is 241 g/mol. The second kappa shape index (κ2) is 5.87. The van der Waals surface area contributed by atoms with Gasteiger partial charge < -0.3 is 10.6 Å². The Balaban J connectivity index is 2.56. The van der Waals surface area contributed by atoms with Gasteiger partial charge >= 0.3 is 0 Å². The number of carbonyl (C=O) groups excluding carboxylic acids is 1. The highest BCUT2D eigenvalue weighted by Crippen LogP contribution is 2.19. The molecule has 0 aliphatic carbocycles. The molecule has 0 radical (unpaired) electrons. The molecule has 4 heteroatoms. The molecule has 0 saturated heterocycles. The Bertz CT molecular complexity index is 377. The van der Waals surface area contributed by atoms with E-state index in [1.165, 1.54) is 0 Å². The summed E-state index contributed by atoms with van der Waals surface area (Å²) in [5.41, 5.74) is 1.77. The van der Waals surface area contributed by atoms with Crippen LogP contribution >= 0.6 is 11.6 Å². The number of aryl methyl sites for hydroxylation is 1. The Morgan fingerprint density at radius 1 is 1.44 bits per heavy atom. The van der Waals surface area contributed by atoms with Crippen molar-refractivity contribution < 1.29 is 4.79 Å². The summed E-state index contributed by atoms with van der Waals surface area (Å²) in [6, 6.07) is 5.70. The van der Waals surface area contributed by atoms with Gasteiger partial charge in [-0.3, -0.25) is 4.79 Å². The predicted octanol–water partition coefficient (Wildman–Crippen LogP) is 2.58. The molecule has 2 N–H and O–H groups in total. The maximum Gasteiger partial charge on any atom is 0.238 e. The van der Waals surface area contributed by atoms with Crippen LogP contribution in [0.25, 0.3) is 0 Å². The Labute approximate surface area is 101 Å². The molecule has 16 heavy (non-hydrogen) atoms. The lowest BCUT2D eigenvalue weighted by Crippen LogP contribution is -2.32. The zero-order chi connectivity index (χ0) is 12.1. The largest absolute Gasteiger partial charge is 0.325 e. The summed E-state index contributed by atoms with van der Waals surface area (Å²) in [5, 5.41) is 6.57. The van der Waals surface area contributed by atoms with E-state index in [0.29, 0.717) is 17.6 Å². The Morgan fingerprint density at radius 3 is 2.69 bits per heavy atom. The molecule has 1 rings (SSSR count). The molecule has 0 heterocycles. The van der Waals surface area contributed by atoms with Crippen molar-refractivity contribution in [1.82, 2.24) is 5.32 Å². The van der Waals surface area contributed by atoms with Crippen LogP contribution in [-0.4, -0.2) is 18.5 Å². The minimum Gasteiger partial charge on any atom is -0.325 e. The Kier molecular flexibility index (Phi) is 4.77. The molecule has 0 fully saturated rings. The fraction of sp³-hybridized carbons (Fsp3) is 0.417.